The van der Waals surface area contributed by atoms with E-state index in [0.29, 0.717) is 24.2 Å². The van der Waals surface area contributed by atoms with Crippen LogP contribution in [-0.4, -0.2) is 11.8 Å². The smallest absolute Gasteiger partial charge is 0.224 e. The van der Waals surface area contributed by atoms with Crippen molar-refractivity contribution in [3.05, 3.63) is 51.4 Å². The Balaban J connectivity index is 1.63. The van der Waals surface area contributed by atoms with E-state index in [1.807, 2.05) is 30.3 Å². The molecule has 0 bridgehead atoms. The molecule has 0 aliphatic carbocycles. The van der Waals surface area contributed by atoms with E-state index in [1.165, 1.54) is 0 Å². The Morgan fingerprint density at radius 1 is 0.846 bits per heavy atom. The second-order valence-electron chi connectivity index (χ2n) is 5.87. The fourth-order valence-electron chi connectivity index (χ4n) is 2.37. The van der Waals surface area contributed by atoms with Gasteiger partial charge in [0.25, 0.3) is 0 Å². The summed E-state index contributed by atoms with van der Waals surface area (Å²) in [6.45, 7) is 0. The Hall–Kier alpha value is -1.86. The standard InChI is InChI=1S/C19H21Br2N3O2/c20-13-10-11-16(14(21)12-13)23-18(25)8-2-1-3-9-19(26)24-17-7-5-4-6-15(17)22/h4-7,10-12H,1-3,8-9,22H2,(H,23,25)(H,24,26). The molecule has 0 atom stereocenters. The molecule has 0 unspecified atom stereocenters. The fraction of sp³-hybridized carbons (Fsp3) is 0.263. The summed E-state index contributed by atoms with van der Waals surface area (Å²) in [7, 11) is 0. The van der Waals surface area contributed by atoms with E-state index < -0.39 is 0 Å². The highest BCUT2D eigenvalue weighted by Gasteiger charge is 2.07. The lowest BCUT2D eigenvalue weighted by molar-refractivity contribution is -0.116. The summed E-state index contributed by atoms with van der Waals surface area (Å²) in [6, 6.07) is 12.8. The van der Waals surface area contributed by atoms with Crippen LogP contribution in [0.2, 0.25) is 0 Å². The first-order valence-electron chi connectivity index (χ1n) is 8.35. The van der Waals surface area contributed by atoms with E-state index in [1.54, 1.807) is 12.1 Å². The third kappa shape index (κ3) is 6.80. The van der Waals surface area contributed by atoms with E-state index in [0.717, 1.165) is 33.9 Å². The lowest BCUT2D eigenvalue weighted by atomic mass is 10.1. The van der Waals surface area contributed by atoms with Crippen molar-refractivity contribution in [1.82, 2.24) is 0 Å². The largest absolute Gasteiger partial charge is 0.397 e. The zero-order chi connectivity index (χ0) is 18.9. The average Bonchev–Trinajstić information content (AvgIpc) is 2.59. The van der Waals surface area contributed by atoms with Crippen molar-refractivity contribution in [3.63, 3.8) is 0 Å². The molecule has 2 aromatic carbocycles. The summed E-state index contributed by atoms with van der Waals surface area (Å²) in [5.74, 6) is -0.0966. The molecule has 4 N–H and O–H groups in total. The Bertz CT molecular complexity index is 781. The SMILES string of the molecule is Nc1ccccc1NC(=O)CCCCCC(=O)Nc1ccc(Br)cc1Br. The van der Waals surface area contributed by atoms with Crippen LogP contribution >= 0.6 is 31.9 Å². The molecule has 7 heteroatoms. The van der Waals surface area contributed by atoms with Crippen molar-refractivity contribution in [2.45, 2.75) is 32.1 Å². The number of nitrogens with one attached hydrogen (secondary N) is 2. The molecule has 2 amide bonds. The lowest BCUT2D eigenvalue weighted by Gasteiger charge is -2.08. The second kappa shape index (κ2) is 10.3. The molecule has 2 aromatic rings. The maximum absolute atomic E-state index is 12.0. The van der Waals surface area contributed by atoms with E-state index >= 15 is 0 Å². The summed E-state index contributed by atoms with van der Waals surface area (Å²) in [5, 5.41) is 5.68. The molecule has 0 heterocycles. The van der Waals surface area contributed by atoms with Gasteiger partial charge in [-0.15, -0.1) is 0 Å². The van der Waals surface area contributed by atoms with Gasteiger partial charge in [-0.1, -0.05) is 34.5 Å². The third-order valence-electron chi connectivity index (χ3n) is 3.75. The minimum Gasteiger partial charge on any atom is -0.397 e. The quantitative estimate of drug-likeness (QED) is 0.351. The molecule has 138 valence electrons. The van der Waals surface area contributed by atoms with Crippen molar-refractivity contribution in [2.24, 2.45) is 0 Å². The molecule has 26 heavy (non-hydrogen) atoms. The first-order chi connectivity index (χ1) is 12.5. The zero-order valence-corrected chi connectivity index (χ0v) is 17.4. The zero-order valence-electron chi connectivity index (χ0n) is 14.2. The maximum atomic E-state index is 12.0. The third-order valence-corrected chi connectivity index (χ3v) is 4.90. The molecule has 0 aromatic heterocycles. The van der Waals surface area contributed by atoms with Crippen molar-refractivity contribution >= 4 is 60.7 Å². The Kier molecular flexibility index (Phi) is 8.12. The number of rotatable bonds is 8. The predicted molar refractivity (Wildman–Crippen MR) is 113 cm³/mol. The maximum Gasteiger partial charge on any atom is 0.224 e. The number of para-hydroxylation sites is 2. The van der Waals surface area contributed by atoms with Crippen LogP contribution in [0.15, 0.2) is 51.4 Å². The highest BCUT2D eigenvalue weighted by atomic mass is 79.9. The van der Waals surface area contributed by atoms with Gasteiger partial charge in [0.1, 0.15) is 0 Å². The van der Waals surface area contributed by atoms with Crippen LogP contribution in [0.25, 0.3) is 0 Å². The molecule has 0 aliphatic heterocycles. The Labute approximate surface area is 170 Å². The number of carbonyl (C=O) groups is 2. The number of anilines is 3. The van der Waals surface area contributed by atoms with Crippen LogP contribution < -0.4 is 16.4 Å². The topological polar surface area (TPSA) is 84.2 Å². The lowest BCUT2D eigenvalue weighted by Crippen LogP contribution is -2.13. The minimum absolute atomic E-state index is 0.0328. The molecule has 0 fully saturated rings. The van der Waals surface area contributed by atoms with Crippen molar-refractivity contribution < 1.29 is 9.59 Å². The number of halogens is 2. The van der Waals surface area contributed by atoms with Crippen molar-refractivity contribution in [3.8, 4) is 0 Å². The summed E-state index contributed by atoms with van der Waals surface area (Å²) < 4.78 is 1.77. The van der Waals surface area contributed by atoms with Gasteiger partial charge in [0.2, 0.25) is 11.8 Å². The monoisotopic (exact) mass is 481 g/mol. The Morgan fingerprint density at radius 2 is 1.46 bits per heavy atom. The van der Waals surface area contributed by atoms with Gasteiger partial charge in [-0.3, -0.25) is 9.59 Å². The molecular weight excluding hydrogens is 462 g/mol. The molecule has 0 saturated carbocycles. The Morgan fingerprint density at radius 3 is 2.08 bits per heavy atom. The summed E-state index contributed by atoms with van der Waals surface area (Å²) in [5.41, 5.74) is 7.73. The average molecular weight is 483 g/mol. The van der Waals surface area contributed by atoms with Gasteiger partial charge in [0, 0.05) is 21.8 Å². The molecule has 0 radical (unpaired) electrons. The van der Waals surface area contributed by atoms with Crippen LogP contribution in [0, 0.1) is 0 Å². The first kappa shape index (κ1) is 20.5. The van der Waals surface area contributed by atoms with Crippen molar-refractivity contribution in [1.29, 1.82) is 0 Å². The molecule has 2 rings (SSSR count). The van der Waals surface area contributed by atoms with Crippen LogP contribution in [0.1, 0.15) is 32.1 Å². The van der Waals surface area contributed by atoms with E-state index in [2.05, 4.69) is 42.5 Å². The second-order valence-corrected chi connectivity index (χ2v) is 7.64. The van der Waals surface area contributed by atoms with Crippen LogP contribution in [0.4, 0.5) is 17.1 Å². The summed E-state index contributed by atoms with van der Waals surface area (Å²) in [4.78, 5) is 23.9. The predicted octanol–water partition coefficient (Wildman–Crippen LogP) is 5.32. The van der Waals surface area contributed by atoms with Gasteiger partial charge in [0.05, 0.1) is 17.1 Å². The van der Waals surface area contributed by atoms with Crippen LogP contribution in [-0.2, 0) is 9.59 Å². The number of unbranched alkanes of at least 4 members (excludes halogenated alkanes) is 2. The molecule has 0 saturated heterocycles. The summed E-state index contributed by atoms with van der Waals surface area (Å²) >= 11 is 6.79. The van der Waals surface area contributed by atoms with E-state index in [9.17, 15) is 9.59 Å². The number of nitrogen functional groups attached to an aromatic ring is 1. The highest BCUT2D eigenvalue weighted by Crippen LogP contribution is 2.26. The highest BCUT2D eigenvalue weighted by molar-refractivity contribution is 9.11. The number of carbonyl (C=O) groups excluding carboxylic acids is 2. The molecular formula is C19H21Br2N3O2. The molecule has 0 aliphatic rings. The van der Waals surface area contributed by atoms with Gasteiger partial charge in [-0.05, 0) is 59.1 Å². The number of hydrogen-bond donors (Lipinski definition) is 3. The van der Waals surface area contributed by atoms with Crippen LogP contribution in [0.5, 0.6) is 0 Å². The van der Waals surface area contributed by atoms with Crippen molar-refractivity contribution in [2.75, 3.05) is 16.4 Å². The minimum atomic E-state index is -0.0638. The van der Waals surface area contributed by atoms with Gasteiger partial charge in [-0.25, -0.2) is 0 Å². The summed E-state index contributed by atoms with van der Waals surface area (Å²) in [6.07, 6.45) is 3.12. The van der Waals surface area contributed by atoms with Gasteiger partial charge >= 0.3 is 0 Å². The fourth-order valence-corrected chi connectivity index (χ4v) is 3.52. The normalized spacial score (nSPS) is 10.4. The molecule has 5 nitrogen and oxygen atoms in total. The number of benzene rings is 2. The first-order valence-corrected chi connectivity index (χ1v) is 9.93. The number of amides is 2. The van der Waals surface area contributed by atoms with Gasteiger partial charge < -0.3 is 16.4 Å². The number of nitrogens with two attached hydrogens (primary N) is 1. The van der Waals surface area contributed by atoms with Crippen LogP contribution in [0.3, 0.4) is 0 Å². The van der Waals surface area contributed by atoms with E-state index in [4.69, 9.17) is 5.73 Å². The van der Waals surface area contributed by atoms with Gasteiger partial charge in [0.15, 0.2) is 0 Å². The molecule has 0 spiro atoms. The van der Waals surface area contributed by atoms with Gasteiger partial charge in [-0.2, -0.15) is 0 Å². The number of hydrogen-bond acceptors (Lipinski definition) is 3. The van der Waals surface area contributed by atoms with E-state index in [-0.39, 0.29) is 11.8 Å².